The molecule has 0 saturated carbocycles. The number of Topliss-reactive ketones (excluding diaryl/α,β-unsaturated/α-hetero) is 1. The van der Waals surface area contributed by atoms with Crippen molar-refractivity contribution in [2.75, 3.05) is 0 Å². The number of carbonyl (C=O) groups is 2. The molecule has 0 unspecified atom stereocenters. The van der Waals surface area contributed by atoms with Gasteiger partial charge in [0.15, 0.2) is 0 Å². The molecule has 0 bridgehead atoms. The summed E-state index contributed by atoms with van der Waals surface area (Å²) in [6.07, 6.45) is 0. The summed E-state index contributed by atoms with van der Waals surface area (Å²) < 4.78 is 0. The summed E-state index contributed by atoms with van der Waals surface area (Å²) in [6.45, 7) is 11.4. The summed E-state index contributed by atoms with van der Waals surface area (Å²) in [5, 5.41) is 19.3. The Morgan fingerprint density at radius 2 is 1.25 bits per heavy atom. The van der Waals surface area contributed by atoms with Crippen molar-refractivity contribution in [2.45, 2.75) is 52.4 Å². The van der Waals surface area contributed by atoms with E-state index in [1.807, 2.05) is 41.5 Å². The van der Waals surface area contributed by atoms with Gasteiger partial charge in [0, 0.05) is 16.7 Å². The zero-order valence-corrected chi connectivity index (χ0v) is 12.9. The zero-order chi connectivity index (χ0) is 15.9. The maximum atomic E-state index is 11.7. The van der Waals surface area contributed by atoms with Crippen LogP contribution in [0.1, 0.15) is 63.0 Å². The van der Waals surface area contributed by atoms with Crippen molar-refractivity contribution in [1.29, 1.82) is 0 Å². The van der Waals surface area contributed by atoms with Gasteiger partial charge in [-0.1, -0.05) is 41.5 Å². The summed E-state index contributed by atoms with van der Waals surface area (Å²) in [5.41, 5.74) is 0.479. The van der Waals surface area contributed by atoms with Gasteiger partial charge in [0.25, 0.3) is 5.78 Å². The molecular formula is C16H22O4. The topological polar surface area (TPSA) is 74.6 Å². The number of ketones is 1. The summed E-state index contributed by atoms with van der Waals surface area (Å²) in [5.74, 6) is -2.32. The van der Waals surface area contributed by atoms with Crippen LogP contribution < -0.4 is 0 Å². The molecule has 0 radical (unpaired) electrons. The predicted octanol–water partition coefficient (Wildman–Crippen LogP) is 3.25. The molecule has 0 spiro atoms. The van der Waals surface area contributed by atoms with E-state index >= 15 is 0 Å². The Bertz CT molecular complexity index is 522. The Labute approximate surface area is 119 Å². The van der Waals surface area contributed by atoms with Crippen LogP contribution in [0.5, 0.6) is 5.75 Å². The second kappa shape index (κ2) is 4.93. The van der Waals surface area contributed by atoms with Crippen LogP contribution in [0.3, 0.4) is 0 Å². The highest BCUT2D eigenvalue weighted by molar-refractivity contribution is 6.39. The molecule has 1 aromatic rings. The molecule has 2 N–H and O–H groups in total. The number of carbonyl (C=O) groups excluding carboxylic acids is 1. The normalized spacial score (nSPS) is 12.3. The summed E-state index contributed by atoms with van der Waals surface area (Å²) in [6, 6.07) is 2.95. The van der Waals surface area contributed by atoms with E-state index < -0.39 is 22.6 Å². The number of phenols is 1. The van der Waals surface area contributed by atoms with Crippen LogP contribution in [0.2, 0.25) is 0 Å². The predicted molar refractivity (Wildman–Crippen MR) is 77.5 cm³/mol. The molecule has 1 aromatic carbocycles. The van der Waals surface area contributed by atoms with E-state index in [0.29, 0.717) is 11.1 Å². The average molecular weight is 278 g/mol. The second-order valence-corrected chi connectivity index (χ2v) is 7.05. The molecule has 4 nitrogen and oxygen atoms in total. The Morgan fingerprint density at radius 3 is 1.50 bits per heavy atom. The maximum Gasteiger partial charge on any atom is 0.377 e. The number of rotatable bonds is 2. The van der Waals surface area contributed by atoms with E-state index in [1.165, 1.54) is 12.1 Å². The van der Waals surface area contributed by atoms with Crippen molar-refractivity contribution in [3.63, 3.8) is 0 Å². The van der Waals surface area contributed by atoms with Gasteiger partial charge < -0.3 is 10.2 Å². The first-order valence-corrected chi connectivity index (χ1v) is 6.51. The van der Waals surface area contributed by atoms with Crippen molar-refractivity contribution in [3.05, 3.63) is 28.8 Å². The monoisotopic (exact) mass is 278 g/mol. The number of aliphatic carboxylic acids is 1. The maximum absolute atomic E-state index is 11.7. The van der Waals surface area contributed by atoms with Gasteiger partial charge in [0.2, 0.25) is 0 Å². The molecule has 0 atom stereocenters. The van der Waals surface area contributed by atoms with Gasteiger partial charge in [-0.25, -0.2) is 4.79 Å². The molecule has 1 rings (SSSR count). The van der Waals surface area contributed by atoms with E-state index in [2.05, 4.69) is 0 Å². The number of aromatic hydroxyl groups is 1. The van der Waals surface area contributed by atoms with Crippen LogP contribution >= 0.6 is 0 Å². The Morgan fingerprint density at radius 1 is 0.900 bits per heavy atom. The van der Waals surface area contributed by atoms with Gasteiger partial charge in [-0.15, -0.1) is 0 Å². The third-order valence-electron chi connectivity index (χ3n) is 3.18. The highest BCUT2D eigenvalue weighted by atomic mass is 16.4. The Kier molecular flexibility index (Phi) is 3.99. The minimum Gasteiger partial charge on any atom is -0.507 e. The molecule has 4 heteroatoms. The summed E-state index contributed by atoms with van der Waals surface area (Å²) >= 11 is 0. The van der Waals surface area contributed by atoms with Crippen LogP contribution in [-0.4, -0.2) is 22.0 Å². The lowest BCUT2D eigenvalue weighted by Crippen LogP contribution is -2.20. The molecule has 0 fully saturated rings. The van der Waals surface area contributed by atoms with Crippen LogP contribution in [-0.2, 0) is 15.6 Å². The zero-order valence-electron chi connectivity index (χ0n) is 12.9. The lowest BCUT2D eigenvalue weighted by molar-refractivity contribution is -0.131. The highest BCUT2D eigenvalue weighted by Crippen LogP contribution is 2.39. The van der Waals surface area contributed by atoms with Crippen LogP contribution in [0.25, 0.3) is 0 Å². The SMILES string of the molecule is CC(C)(C)c1cc(C(=O)C(=O)O)cc(C(C)(C)C)c1O. The van der Waals surface area contributed by atoms with Crippen LogP contribution in [0.15, 0.2) is 12.1 Å². The van der Waals surface area contributed by atoms with Crippen molar-refractivity contribution in [3.8, 4) is 5.75 Å². The molecule has 0 aliphatic heterocycles. The molecule has 0 aromatic heterocycles. The number of carboxylic acid groups (broad SMARTS) is 1. The van der Waals surface area contributed by atoms with Gasteiger partial charge in [-0.2, -0.15) is 0 Å². The fraction of sp³-hybridized carbons (Fsp3) is 0.500. The van der Waals surface area contributed by atoms with Gasteiger partial charge in [0.05, 0.1) is 0 Å². The molecule has 0 amide bonds. The van der Waals surface area contributed by atoms with E-state index in [0.717, 1.165) is 0 Å². The number of hydrogen-bond acceptors (Lipinski definition) is 3. The van der Waals surface area contributed by atoms with Crippen LogP contribution in [0, 0.1) is 0 Å². The van der Waals surface area contributed by atoms with Crippen molar-refractivity contribution in [1.82, 2.24) is 0 Å². The van der Waals surface area contributed by atoms with Gasteiger partial charge in [0.1, 0.15) is 5.75 Å². The first kappa shape index (κ1) is 16.2. The lowest BCUT2D eigenvalue weighted by Gasteiger charge is -2.27. The summed E-state index contributed by atoms with van der Waals surface area (Å²) in [4.78, 5) is 22.6. The number of carboxylic acids is 1. The molecule has 0 aliphatic carbocycles. The van der Waals surface area contributed by atoms with Gasteiger partial charge in [-0.05, 0) is 23.0 Å². The first-order valence-electron chi connectivity index (χ1n) is 6.51. The standard InChI is InChI=1S/C16H22O4/c1-15(2,3)10-7-9(12(17)14(19)20)8-11(13(10)18)16(4,5)6/h7-8,18H,1-6H3,(H,19,20). The van der Waals surface area contributed by atoms with Gasteiger partial charge in [-0.3, -0.25) is 4.79 Å². The fourth-order valence-electron chi connectivity index (χ4n) is 2.03. The third-order valence-corrected chi connectivity index (χ3v) is 3.18. The van der Waals surface area contributed by atoms with E-state index in [-0.39, 0.29) is 11.3 Å². The van der Waals surface area contributed by atoms with E-state index in [4.69, 9.17) is 5.11 Å². The molecule has 0 heterocycles. The Balaban J connectivity index is 3.67. The van der Waals surface area contributed by atoms with Crippen molar-refractivity contribution >= 4 is 11.8 Å². The average Bonchev–Trinajstić information content (AvgIpc) is 2.24. The van der Waals surface area contributed by atoms with Crippen molar-refractivity contribution < 1.29 is 19.8 Å². The van der Waals surface area contributed by atoms with Crippen LogP contribution in [0.4, 0.5) is 0 Å². The largest absolute Gasteiger partial charge is 0.507 e. The van der Waals surface area contributed by atoms with Crippen molar-refractivity contribution in [2.24, 2.45) is 0 Å². The molecule has 110 valence electrons. The quantitative estimate of drug-likeness (QED) is 0.643. The molecule has 0 saturated heterocycles. The molecular weight excluding hydrogens is 256 g/mol. The number of phenolic OH excluding ortho intramolecular Hbond substituents is 1. The smallest absolute Gasteiger partial charge is 0.377 e. The molecule has 0 aliphatic rings. The lowest BCUT2D eigenvalue weighted by atomic mass is 9.78. The minimum absolute atomic E-state index is 0.102. The highest BCUT2D eigenvalue weighted by Gasteiger charge is 2.28. The summed E-state index contributed by atoms with van der Waals surface area (Å²) in [7, 11) is 0. The second-order valence-electron chi connectivity index (χ2n) is 7.05. The Hall–Kier alpha value is -1.84. The third kappa shape index (κ3) is 3.18. The number of benzene rings is 1. The minimum atomic E-state index is -1.49. The first-order chi connectivity index (χ1) is 8.85. The molecule has 20 heavy (non-hydrogen) atoms. The van der Waals surface area contributed by atoms with E-state index in [9.17, 15) is 14.7 Å². The van der Waals surface area contributed by atoms with Gasteiger partial charge >= 0.3 is 5.97 Å². The number of hydrogen-bond donors (Lipinski definition) is 2. The fourth-order valence-corrected chi connectivity index (χ4v) is 2.03. The van der Waals surface area contributed by atoms with E-state index in [1.54, 1.807) is 0 Å².